The van der Waals surface area contributed by atoms with Gasteiger partial charge in [-0.25, -0.2) is 4.68 Å². The molecule has 0 aliphatic carbocycles. The SMILES string of the molecule is CC(c1ccccc1)c1nnnn1CC(C)(C)C(=O)O. The number of nitrogens with zero attached hydrogens (tertiary/aromatic N) is 4. The molecule has 0 spiro atoms. The van der Waals surface area contributed by atoms with Gasteiger partial charge in [0.15, 0.2) is 5.82 Å². The van der Waals surface area contributed by atoms with E-state index in [-0.39, 0.29) is 12.5 Å². The van der Waals surface area contributed by atoms with Gasteiger partial charge in [0.05, 0.1) is 12.0 Å². The van der Waals surface area contributed by atoms with Gasteiger partial charge in [-0.3, -0.25) is 4.79 Å². The summed E-state index contributed by atoms with van der Waals surface area (Å²) in [7, 11) is 0. The molecular formula is C14H18N4O2. The summed E-state index contributed by atoms with van der Waals surface area (Å²) in [6.07, 6.45) is 0. The number of aliphatic carboxylic acids is 1. The van der Waals surface area contributed by atoms with Crippen molar-refractivity contribution in [1.29, 1.82) is 0 Å². The van der Waals surface area contributed by atoms with E-state index in [1.165, 1.54) is 0 Å². The van der Waals surface area contributed by atoms with E-state index in [0.717, 1.165) is 5.56 Å². The molecule has 1 unspecified atom stereocenters. The molecule has 1 atom stereocenters. The highest BCUT2D eigenvalue weighted by atomic mass is 16.4. The predicted molar refractivity (Wildman–Crippen MR) is 73.2 cm³/mol. The van der Waals surface area contributed by atoms with E-state index < -0.39 is 11.4 Å². The van der Waals surface area contributed by atoms with Crippen molar-refractivity contribution in [3.05, 3.63) is 41.7 Å². The van der Waals surface area contributed by atoms with E-state index in [1.807, 2.05) is 37.3 Å². The molecule has 0 radical (unpaired) electrons. The smallest absolute Gasteiger partial charge is 0.310 e. The van der Waals surface area contributed by atoms with Crippen LogP contribution >= 0.6 is 0 Å². The average Bonchev–Trinajstić information content (AvgIpc) is 2.86. The number of hydrogen-bond acceptors (Lipinski definition) is 4. The largest absolute Gasteiger partial charge is 0.481 e. The third-order valence-electron chi connectivity index (χ3n) is 3.37. The van der Waals surface area contributed by atoms with Crippen molar-refractivity contribution >= 4 is 5.97 Å². The molecular weight excluding hydrogens is 256 g/mol. The molecule has 20 heavy (non-hydrogen) atoms. The highest BCUT2D eigenvalue weighted by Gasteiger charge is 2.30. The maximum absolute atomic E-state index is 11.2. The maximum atomic E-state index is 11.2. The predicted octanol–water partition coefficient (Wildman–Crippen LogP) is 1.94. The first-order valence-corrected chi connectivity index (χ1v) is 6.46. The number of hydrogen-bond donors (Lipinski definition) is 1. The van der Waals surface area contributed by atoms with E-state index >= 15 is 0 Å². The van der Waals surface area contributed by atoms with Gasteiger partial charge in [0.25, 0.3) is 0 Å². The molecule has 0 aliphatic heterocycles. The number of tetrazole rings is 1. The zero-order chi connectivity index (χ0) is 14.8. The Labute approximate surface area is 117 Å². The second-order valence-electron chi connectivity index (χ2n) is 5.52. The topological polar surface area (TPSA) is 80.9 Å². The van der Waals surface area contributed by atoms with Crippen molar-refractivity contribution in [2.24, 2.45) is 5.41 Å². The molecule has 1 N–H and O–H groups in total. The summed E-state index contributed by atoms with van der Waals surface area (Å²) in [4.78, 5) is 11.2. The first-order valence-electron chi connectivity index (χ1n) is 6.46. The van der Waals surface area contributed by atoms with Gasteiger partial charge >= 0.3 is 5.97 Å². The Morgan fingerprint density at radius 1 is 1.35 bits per heavy atom. The third kappa shape index (κ3) is 2.84. The third-order valence-corrected chi connectivity index (χ3v) is 3.37. The van der Waals surface area contributed by atoms with E-state index in [2.05, 4.69) is 15.5 Å². The van der Waals surface area contributed by atoms with Crippen LogP contribution in [0.5, 0.6) is 0 Å². The van der Waals surface area contributed by atoms with E-state index in [0.29, 0.717) is 5.82 Å². The minimum absolute atomic E-state index is 0.01000. The number of carboxylic acids is 1. The fourth-order valence-corrected chi connectivity index (χ4v) is 1.97. The van der Waals surface area contributed by atoms with Crippen LogP contribution in [0, 0.1) is 5.41 Å². The van der Waals surface area contributed by atoms with Gasteiger partial charge < -0.3 is 5.11 Å². The summed E-state index contributed by atoms with van der Waals surface area (Å²) in [5.41, 5.74) is 0.178. The van der Waals surface area contributed by atoms with Crippen molar-refractivity contribution in [1.82, 2.24) is 20.2 Å². The van der Waals surface area contributed by atoms with Crippen molar-refractivity contribution in [3.8, 4) is 0 Å². The molecule has 0 saturated carbocycles. The van der Waals surface area contributed by atoms with Crippen molar-refractivity contribution < 1.29 is 9.90 Å². The maximum Gasteiger partial charge on any atom is 0.310 e. The highest BCUT2D eigenvalue weighted by Crippen LogP contribution is 2.24. The summed E-state index contributed by atoms with van der Waals surface area (Å²) in [5, 5.41) is 20.9. The minimum Gasteiger partial charge on any atom is -0.481 e. The Bertz CT molecular complexity index is 592. The fourth-order valence-electron chi connectivity index (χ4n) is 1.97. The summed E-state index contributed by atoms with van der Waals surface area (Å²) in [6.45, 7) is 5.56. The van der Waals surface area contributed by atoms with Crippen LogP contribution in [0.3, 0.4) is 0 Å². The first-order chi connectivity index (χ1) is 9.42. The number of carboxylic acid groups (broad SMARTS) is 1. The Hall–Kier alpha value is -2.24. The monoisotopic (exact) mass is 274 g/mol. The van der Waals surface area contributed by atoms with Crippen molar-refractivity contribution in [2.45, 2.75) is 33.2 Å². The van der Waals surface area contributed by atoms with Crippen LogP contribution in [0.1, 0.15) is 38.1 Å². The molecule has 6 heteroatoms. The molecule has 2 aromatic rings. The Morgan fingerprint density at radius 3 is 2.60 bits per heavy atom. The fraction of sp³-hybridized carbons (Fsp3) is 0.429. The number of aromatic nitrogens is 4. The van der Waals surface area contributed by atoms with Crippen LogP contribution in [-0.2, 0) is 11.3 Å². The summed E-state index contributed by atoms with van der Waals surface area (Å²) < 4.78 is 1.58. The molecule has 2 rings (SSSR count). The number of carbonyl (C=O) groups is 1. The van der Waals surface area contributed by atoms with Gasteiger partial charge in [0.1, 0.15) is 0 Å². The normalized spacial score (nSPS) is 13.2. The highest BCUT2D eigenvalue weighted by molar-refractivity contribution is 5.73. The lowest BCUT2D eigenvalue weighted by Gasteiger charge is -2.20. The summed E-state index contributed by atoms with van der Waals surface area (Å²) >= 11 is 0. The van der Waals surface area contributed by atoms with Crippen LogP contribution in [0.4, 0.5) is 0 Å². The molecule has 0 bridgehead atoms. The zero-order valence-corrected chi connectivity index (χ0v) is 11.8. The lowest BCUT2D eigenvalue weighted by atomic mass is 9.93. The van der Waals surface area contributed by atoms with E-state index in [9.17, 15) is 9.90 Å². The quantitative estimate of drug-likeness (QED) is 0.901. The molecule has 0 fully saturated rings. The molecule has 0 saturated heterocycles. The lowest BCUT2D eigenvalue weighted by molar-refractivity contribution is -0.147. The summed E-state index contributed by atoms with van der Waals surface area (Å²) in [6, 6.07) is 9.88. The summed E-state index contributed by atoms with van der Waals surface area (Å²) in [5.74, 6) is -0.187. The number of rotatable bonds is 5. The van der Waals surface area contributed by atoms with Crippen LogP contribution in [0.25, 0.3) is 0 Å². The number of benzene rings is 1. The van der Waals surface area contributed by atoms with Crippen LogP contribution in [-0.4, -0.2) is 31.3 Å². The van der Waals surface area contributed by atoms with Gasteiger partial charge in [-0.2, -0.15) is 0 Å². The molecule has 1 aromatic carbocycles. The second kappa shape index (κ2) is 5.40. The van der Waals surface area contributed by atoms with Gasteiger partial charge in [-0.1, -0.05) is 37.3 Å². The Kier molecular flexibility index (Phi) is 3.83. The molecule has 6 nitrogen and oxygen atoms in total. The Morgan fingerprint density at radius 2 is 2.00 bits per heavy atom. The van der Waals surface area contributed by atoms with Gasteiger partial charge in [0.2, 0.25) is 0 Å². The van der Waals surface area contributed by atoms with Crippen LogP contribution in [0.2, 0.25) is 0 Å². The van der Waals surface area contributed by atoms with Crippen LogP contribution < -0.4 is 0 Å². The molecule has 0 amide bonds. The lowest BCUT2D eigenvalue weighted by Crippen LogP contribution is -2.30. The second-order valence-corrected chi connectivity index (χ2v) is 5.52. The molecule has 106 valence electrons. The van der Waals surface area contributed by atoms with Gasteiger partial charge in [-0.15, -0.1) is 5.10 Å². The standard InChI is InChI=1S/C14H18N4O2/c1-10(11-7-5-4-6-8-11)12-15-16-17-18(12)9-14(2,3)13(19)20/h4-8,10H,9H2,1-3H3,(H,19,20). The minimum atomic E-state index is -0.916. The van der Waals surface area contributed by atoms with E-state index in [4.69, 9.17) is 0 Å². The molecule has 0 aliphatic rings. The Balaban J connectivity index is 2.27. The van der Waals surface area contributed by atoms with Crippen molar-refractivity contribution in [2.75, 3.05) is 0 Å². The van der Waals surface area contributed by atoms with Gasteiger partial charge in [0, 0.05) is 5.92 Å². The van der Waals surface area contributed by atoms with E-state index in [1.54, 1.807) is 18.5 Å². The molecule has 1 heterocycles. The average molecular weight is 274 g/mol. The molecule has 1 aromatic heterocycles. The zero-order valence-electron chi connectivity index (χ0n) is 11.8. The van der Waals surface area contributed by atoms with Gasteiger partial charge in [-0.05, 0) is 29.8 Å². The van der Waals surface area contributed by atoms with Crippen molar-refractivity contribution in [3.63, 3.8) is 0 Å². The van der Waals surface area contributed by atoms with Crippen LogP contribution in [0.15, 0.2) is 30.3 Å². The first kappa shape index (κ1) is 14.2.